The molecule has 0 atom stereocenters. The Balaban J connectivity index is 2.74. The summed E-state index contributed by atoms with van der Waals surface area (Å²) in [6.07, 6.45) is 0. The van der Waals surface area contributed by atoms with Crippen LogP contribution < -0.4 is 14.2 Å². The molecule has 0 radical (unpaired) electrons. The van der Waals surface area contributed by atoms with E-state index in [1.54, 1.807) is 20.3 Å². The fraction of sp³-hybridized carbons (Fsp3) is 0.214. The highest BCUT2D eigenvalue weighted by Gasteiger charge is 2.15. The fourth-order valence-corrected chi connectivity index (χ4v) is 1.90. The molecule has 0 fully saturated rings. The van der Waals surface area contributed by atoms with E-state index >= 15 is 0 Å². The van der Waals surface area contributed by atoms with E-state index in [2.05, 4.69) is 0 Å². The van der Waals surface area contributed by atoms with Crippen molar-refractivity contribution in [3.05, 3.63) is 30.3 Å². The summed E-state index contributed by atoms with van der Waals surface area (Å²) in [6.45, 7) is 1.35. The molecule has 2 rings (SSSR count). The number of fused-ring (bicyclic) bond motifs is 1. The fourth-order valence-electron chi connectivity index (χ4n) is 1.90. The molecule has 0 aromatic heterocycles. The highest BCUT2D eigenvalue weighted by Crippen LogP contribution is 2.41. The van der Waals surface area contributed by atoms with Crippen molar-refractivity contribution in [1.29, 1.82) is 0 Å². The van der Waals surface area contributed by atoms with Gasteiger partial charge in [0.15, 0.2) is 11.5 Å². The Bertz CT molecular complexity index is 590. The van der Waals surface area contributed by atoms with Crippen molar-refractivity contribution in [2.24, 2.45) is 0 Å². The molecule has 2 aromatic carbocycles. The van der Waals surface area contributed by atoms with Crippen LogP contribution in [0.25, 0.3) is 10.8 Å². The van der Waals surface area contributed by atoms with Crippen LogP contribution >= 0.6 is 0 Å². The quantitative estimate of drug-likeness (QED) is 0.617. The van der Waals surface area contributed by atoms with E-state index in [4.69, 9.17) is 14.2 Å². The third-order valence-electron chi connectivity index (χ3n) is 2.60. The molecule has 2 aromatic rings. The zero-order chi connectivity index (χ0) is 13.1. The van der Waals surface area contributed by atoms with Crippen molar-refractivity contribution in [2.75, 3.05) is 14.2 Å². The standard InChI is InChI=1S/C14H14O4/c1-9(15)18-13-8-12(16-2)10-6-4-5-7-11(10)14(13)17-3/h4-8H,1-3H3. The first-order chi connectivity index (χ1) is 8.67. The molecule has 0 amide bonds. The summed E-state index contributed by atoms with van der Waals surface area (Å²) < 4.78 is 15.8. The molecule has 0 aliphatic heterocycles. The molecule has 94 valence electrons. The summed E-state index contributed by atoms with van der Waals surface area (Å²) in [5, 5.41) is 1.75. The van der Waals surface area contributed by atoms with Crippen LogP contribution in [0.3, 0.4) is 0 Å². The van der Waals surface area contributed by atoms with Gasteiger partial charge in [0.2, 0.25) is 0 Å². The Morgan fingerprint density at radius 1 is 1.00 bits per heavy atom. The number of rotatable bonds is 3. The van der Waals surface area contributed by atoms with Gasteiger partial charge < -0.3 is 14.2 Å². The molecular formula is C14H14O4. The summed E-state index contributed by atoms with van der Waals surface area (Å²) in [5.74, 6) is 1.13. The van der Waals surface area contributed by atoms with Gasteiger partial charge in [-0.3, -0.25) is 4.79 Å². The van der Waals surface area contributed by atoms with Crippen LogP contribution in [0.15, 0.2) is 30.3 Å². The van der Waals surface area contributed by atoms with E-state index < -0.39 is 5.97 Å². The normalized spacial score (nSPS) is 10.2. The molecule has 4 heteroatoms. The summed E-state index contributed by atoms with van der Waals surface area (Å²) >= 11 is 0. The predicted molar refractivity (Wildman–Crippen MR) is 68.4 cm³/mol. The van der Waals surface area contributed by atoms with E-state index in [0.29, 0.717) is 17.2 Å². The SMILES string of the molecule is COc1cc(OC(C)=O)c(OC)c2ccccc12. The van der Waals surface area contributed by atoms with Gasteiger partial charge in [-0.1, -0.05) is 24.3 Å². The second-order valence-corrected chi connectivity index (χ2v) is 3.75. The lowest BCUT2D eigenvalue weighted by Gasteiger charge is -2.14. The van der Waals surface area contributed by atoms with Gasteiger partial charge in [-0.15, -0.1) is 0 Å². The van der Waals surface area contributed by atoms with Crippen molar-refractivity contribution in [3.8, 4) is 17.2 Å². The lowest BCUT2D eigenvalue weighted by atomic mass is 10.1. The summed E-state index contributed by atoms with van der Waals surface area (Å²) in [4.78, 5) is 11.1. The summed E-state index contributed by atoms with van der Waals surface area (Å²) in [6, 6.07) is 9.28. The number of methoxy groups -OCH3 is 2. The smallest absolute Gasteiger partial charge is 0.308 e. The minimum absolute atomic E-state index is 0.362. The Morgan fingerprint density at radius 3 is 2.22 bits per heavy atom. The van der Waals surface area contributed by atoms with Gasteiger partial charge in [0.05, 0.1) is 14.2 Å². The third-order valence-corrected chi connectivity index (χ3v) is 2.60. The van der Waals surface area contributed by atoms with Gasteiger partial charge in [0.25, 0.3) is 0 Å². The highest BCUT2D eigenvalue weighted by atomic mass is 16.6. The van der Waals surface area contributed by atoms with Gasteiger partial charge in [0, 0.05) is 23.8 Å². The third kappa shape index (κ3) is 2.09. The monoisotopic (exact) mass is 246 g/mol. The van der Waals surface area contributed by atoms with Crippen molar-refractivity contribution in [3.63, 3.8) is 0 Å². The van der Waals surface area contributed by atoms with Crippen LogP contribution in [0.4, 0.5) is 0 Å². The van der Waals surface area contributed by atoms with Gasteiger partial charge >= 0.3 is 5.97 Å². The first-order valence-electron chi connectivity index (χ1n) is 5.49. The Hall–Kier alpha value is -2.23. The maximum absolute atomic E-state index is 11.1. The molecule has 0 heterocycles. The van der Waals surface area contributed by atoms with Gasteiger partial charge in [-0.2, -0.15) is 0 Å². The Labute approximate surface area is 105 Å². The highest BCUT2D eigenvalue weighted by molar-refractivity contribution is 5.96. The van der Waals surface area contributed by atoms with Crippen molar-refractivity contribution in [1.82, 2.24) is 0 Å². The maximum atomic E-state index is 11.1. The van der Waals surface area contributed by atoms with Crippen LogP contribution in [0.1, 0.15) is 6.92 Å². The average molecular weight is 246 g/mol. The first-order valence-corrected chi connectivity index (χ1v) is 5.49. The molecule has 0 unspecified atom stereocenters. The molecule has 0 saturated carbocycles. The van der Waals surface area contributed by atoms with Gasteiger partial charge in [0.1, 0.15) is 5.75 Å². The molecule has 18 heavy (non-hydrogen) atoms. The Morgan fingerprint density at radius 2 is 1.67 bits per heavy atom. The lowest BCUT2D eigenvalue weighted by Crippen LogP contribution is -2.04. The second kappa shape index (κ2) is 4.96. The van der Waals surface area contributed by atoms with Crippen LogP contribution in [0.5, 0.6) is 17.2 Å². The van der Waals surface area contributed by atoms with Crippen molar-refractivity contribution < 1.29 is 19.0 Å². The number of carbonyl (C=O) groups is 1. The zero-order valence-corrected chi connectivity index (χ0v) is 10.5. The predicted octanol–water partition coefficient (Wildman–Crippen LogP) is 2.78. The average Bonchev–Trinajstić information content (AvgIpc) is 2.37. The molecule has 4 nitrogen and oxygen atoms in total. The second-order valence-electron chi connectivity index (χ2n) is 3.75. The summed E-state index contributed by atoms with van der Waals surface area (Å²) in [5.41, 5.74) is 0. The minimum atomic E-state index is -0.398. The minimum Gasteiger partial charge on any atom is -0.496 e. The van der Waals surface area contributed by atoms with E-state index in [9.17, 15) is 4.79 Å². The molecule has 0 spiro atoms. The zero-order valence-electron chi connectivity index (χ0n) is 10.5. The number of ether oxygens (including phenoxy) is 3. The first kappa shape index (κ1) is 12.2. The topological polar surface area (TPSA) is 44.8 Å². The molecule has 0 saturated heterocycles. The maximum Gasteiger partial charge on any atom is 0.308 e. The molecule has 0 aliphatic carbocycles. The van der Waals surface area contributed by atoms with E-state index in [-0.39, 0.29) is 0 Å². The van der Waals surface area contributed by atoms with Crippen LogP contribution in [-0.2, 0) is 4.79 Å². The van der Waals surface area contributed by atoms with E-state index in [1.807, 2.05) is 24.3 Å². The summed E-state index contributed by atoms with van der Waals surface area (Å²) in [7, 11) is 3.12. The molecular weight excluding hydrogens is 232 g/mol. The lowest BCUT2D eigenvalue weighted by molar-refractivity contribution is -0.131. The van der Waals surface area contributed by atoms with Crippen LogP contribution in [0, 0.1) is 0 Å². The number of carbonyl (C=O) groups excluding carboxylic acids is 1. The number of esters is 1. The largest absolute Gasteiger partial charge is 0.496 e. The van der Waals surface area contributed by atoms with Crippen molar-refractivity contribution >= 4 is 16.7 Å². The van der Waals surface area contributed by atoms with E-state index in [0.717, 1.165) is 10.8 Å². The molecule has 0 bridgehead atoms. The molecule has 0 N–H and O–H groups in total. The van der Waals surface area contributed by atoms with E-state index in [1.165, 1.54) is 6.92 Å². The number of hydrogen-bond acceptors (Lipinski definition) is 4. The number of benzene rings is 2. The number of hydrogen-bond donors (Lipinski definition) is 0. The van der Waals surface area contributed by atoms with Crippen molar-refractivity contribution in [2.45, 2.75) is 6.92 Å². The van der Waals surface area contributed by atoms with Gasteiger partial charge in [-0.05, 0) is 0 Å². The van der Waals surface area contributed by atoms with Gasteiger partial charge in [-0.25, -0.2) is 0 Å². The van der Waals surface area contributed by atoms with Crippen LogP contribution in [-0.4, -0.2) is 20.2 Å². The van der Waals surface area contributed by atoms with Crippen LogP contribution in [0.2, 0.25) is 0 Å². The molecule has 0 aliphatic rings. The Kier molecular flexibility index (Phi) is 3.37.